The number of methoxy groups -OCH3 is 2. The van der Waals surface area contributed by atoms with Crippen LogP contribution in [0, 0.1) is 5.82 Å². The zero-order valence-electron chi connectivity index (χ0n) is 14.4. The second-order valence-electron chi connectivity index (χ2n) is 5.65. The first-order valence-corrected chi connectivity index (χ1v) is 8.69. The van der Waals surface area contributed by atoms with E-state index in [1.807, 2.05) is 25.1 Å². The topological polar surface area (TPSA) is 47.6 Å². The average molecular weight is 410 g/mol. The van der Waals surface area contributed by atoms with Crippen LogP contribution in [-0.2, 0) is 11.2 Å². The van der Waals surface area contributed by atoms with Crippen molar-refractivity contribution in [1.29, 1.82) is 0 Å². The quantitative estimate of drug-likeness (QED) is 0.736. The van der Waals surface area contributed by atoms with E-state index in [9.17, 15) is 9.18 Å². The lowest BCUT2D eigenvalue weighted by Crippen LogP contribution is -2.26. The number of rotatable bonds is 7. The number of hydrogen-bond donors (Lipinski definition) is 1. The van der Waals surface area contributed by atoms with Crippen molar-refractivity contribution >= 4 is 21.8 Å². The Bertz CT molecular complexity index is 751. The third-order valence-corrected chi connectivity index (χ3v) is 4.53. The van der Waals surface area contributed by atoms with Gasteiger partial charge in [-0.05, 0) is 64.7 Å². The Kier molecular flexibility index (Phi) is 6.82. The molecule has 0 spiro atoms. The van der Waals surface area contributed by atoms with E-state index in [1.54, 1.807) is 19.2 Å². The molecule has 134 valence electrons. The van der Waals surface area contributed by atoms with Crippen molar-refractivity contribution in [2.75, 3.05) is 14.2 Å². The Morgan fingerprint density at radius 1 is 1.16 bits per heavy atom. The molecule has 6 heteroatoms. The number of ether oxygens (including phenoxy) is 2. The lowest BCUT2D eigenvalue weighted by Gasteiger charge is -2.15. The zero-order valence-corrected chi connectivity index (χ0v) is 16.0. The number of carbonyl (C=O) groups excluding carboxylic acids is 1. The minimum Gasteiger partial charge on any atom is -0.496 e. The molecule has 0 radical (unpaired) electrons. The summed E-state index contributed by atoms with van der Waals surface area (Å²) in [7, 11) is 3.03. The van der Waals surface area contributed by atoms with Crippen molar-refractivity contribution in [3.05, 3.63) is 57.8 Å². The number of hydrogen-bond acceptors (Lipinski definition) is 3. The largest absolute Gasteiger partial charge is 0.496 e. The summed E-state index contributed by atoms with van der Waals surface area (Å²) < 4.78 is 24.7. The maximum Gasteiger partial charge on any atom is 0.220 e. The van der Waals surface area contributed by atoms with Crippen LogP contribution >= 0.6 is 15.9 Å². The number of amides is 1. The molecule has 2 aromatic rings. The van der Waals surface area contributed by atoms with E-state index in [2.05, 4.69) is 21.2 Å². The van der Waals surface area contributed by atoms with Gasteiger partial charge >= 0.3 is 0 Å². The van der Waals surface area contributed by atoms with Crippen LogP contribution in [0.3, 0.4) is 0 Å². The summed E-state index contributed by atoms with van der Waals surface area (Å²) in [4.78, 5) is 12.2. The van der Waals surface area contributed by atoms with Gasteiger partial charge in [0.1, 0.15) is 5.75 Å². The predicted molar refractivity (Wildman–Crippen MR) is 98.5 cm³/mol. The van der Waals surface area contributed by atoms with Gasteiger partial charge in [-0.3, -0.25) is 4.79 Å². The van der Waals surface area contributed by atoms with Crippen molar-refractivity contribution < 1.29 is 18.7 Å². The van der Waals surface area contributed by atoms with E-state index in [-0.39, 0.29) is 17.7 Å². The van der Waals surface area contributed by atoms with Crippen LogP contribution in [0.15, 0.2) is 40.9 Å². The highest BCUT2D eigenvalue weighted by molar-refractivity contribution is 9.10. The Balaban J connectivity index is 1.91. The van der Waals surface area contributed by atoms with Gasteiger partial charge in [0, 0.05) is 6.42 Å². The van der Waals surface area contributed by atoms with E-state index in [0.29, 0.717) is 18.4 Å². The fourth-order valence-electron chi connectivity index (χ4n) is 2.47. The Hall–Kier alpha value is -2.08. The highest BCUT2D eigenvalue weighted by Crippen LogP contribution is 2.26. The first-order valence-electron chi connectivity index (χ1n) is 7.89. The van der Waals surface area contributed by atoms with Crippen LogP contribution in [0.2, 0.25) is 0 Å². The van der Waals surface area contributed by atoms with Crippen LogP contribution in [-0.4, -0.2) is 20.1 Å². The van der Waals surface area contributed by atoms with Gasteiger partial charge in [0.2, 0.25) is 5.91 Å². The van der Waals surface area contributed by atoms with Gasteiger partial charge < -0.3 is 14.8 Å². The fraction of sp³-hybridized carbons (Fsp3) is 0.316. The number of nitrogens with one attached hydrogen (secondary N) is 1. The molecule has 0 unspecified atom stereocenters. The van der Waals surface area contributed by atoms with Crippen molar-refractivity contribution in [1.82, 2.24) is 5.32 Å². The Morgan fingerprint density at radius 2 is 1.84 bits per heavy atom. The van der Waals surface area contributed by atoms with Gasteiger partial charge in [-0.25, -0.2) is 4.39 Å². The van der Waals surface area contributed by atoms with E-state index in [4.69, 9.17) is 9.47 Å². The molecule has 0 aromatic heterocycles. The third-order valence-electron chi connectivity index (χ3n) is 3.91. The monoisotopic (exact) mass is 409 g/mol. The van der Waals surface area contributed by atoms with Gasteiger partial charge in [0.15, 0.2) is 11.6 Å². The van der Waals surface area contributed by atoms with Crippen molar-refractivity contribution in [3.8, 4) is 11.5 Å². The third kappa shape index (κ3) is 5.19. The molecule has 0 saturated heterocycles. The summed E-state index contributed by atoms with van der Waals surface area (Å²) in [5, 5.41) is 2.89. The average Bonchev–Trinajstić information content (AvgIpc) is 2.60. The molecule has 0 saturated carbocycles. The summed E-state index contributed by atoms with van der Waals surface area (Å²) >= 11 is 3.43. The van der Waals surface area contributed by atoms with Gasteiger partial charge in [0.25, 0.3) is 0 Å². The van der Waals surface area contributed by atoms with E-state index >= 15 is 0 Å². The van der Waals surface area contributed by atoms with Crippen molar-refractivity contribution in [2.45, 2.75) is 25.8 Å². The lowest BCUT2D eigenvalue weighted by atomic mass is 10.1. The molecule has 25 heavy (non-hydrogen) atoms. The SMILES string of the molecule is COc1ccc([C@@H](C)NC(=O)CCc2ccc(OC)c(Br)c2)cc1F. The minimum absolute atomic E-state index is 0.0873. The van der Waals surface area contributed by atoms with Crippen molar-refractivity contribution in [2.24, 2.45) is 0 Å². The van der Waals surface area contributed by atoms with Crippen LogP contribution < -0.4 is 14.8 Å². The summed E-state index contributed by atoms with van der Waals surface area (Å²) in [6.45, 7) is 1.82. The lowest BCUT2D eigenvalue weighted by molar-refractivity contribution is -0.121. The molecule has 2 aromatic carbocycles. The minimum atomic E-state index is -0.441. The van der Waals surface area contributed by atoms with E-state index in [1.165, 1.54) is 13.2 Å². The molecule has 2 rings (SSSR count). The Morgan fingerprint density at radius 3 is 2.44 bits per heavy atom. The number of aryl methyl sites for hydroxylation is 1. The van der Waals surface area contributed by atoms with Gasteiger partial charge in [-0.1, -0.05) is 12.1 Å². The summed E-state index contributed by atoms with van der Waals surface area (Å²) in [5.74, 6) is 0.413. The molecule has 4 nitrogen and oxygen atoms in total. The number of carbonyl (C=O) groups is 1. The fourth-order valence-corrected chi connectivity index (χ4v) is 3.06. The first kappa shape index (κ1) is 19.2. The summed E-state index contributed by atoms with van der Waals surface area (Å²) in [5.41, 5.74) is 1.73. The smallest absolute Gasteiger partial charge is 0.220 e. The van der Waals surface area contributed by atoms with Crippen LogP contribution in [0.25, 0.3) is 0 Å². The molecule has 0 bridgehead atoms. The summed E-state index contributed by atoms with van der Waals surface area (Å²) in [6, 6.07) is 10.1. The second-order valence-corrected chi connectivity index (χ2v) is 6.51. The maximum absolute atomic E-state index is 13.8. The number of halogens is 2. The van der Waals surface area contributed by atoms with Crippen molar-refractivity contribution in [3.63, 3.8) is 0 Å². The summed E-state index contributed by atoms with van der Waals surface area (Å²) in [6.07, 6.45) is 0.958. The molecule has 0 fully saturated rings. The second kappa shape index (κ2) is 8.85. The van der Waals surface area contributed by atoms with Crippen LogP contribution in [0.5, 0.6) is 11.5 Å². The van der Waals surface area contributed by atoms with Gasteiger partial charge in [-0.15, -0.1) is 0 Å². The molecule has 0 aliphatic carbocycles. The van der Waals surface area contributed by atoms with Crippen LogP contribution in [0.4, 0.5) is 4.39 Å². The standard InChI is InChI=1S/C19H21BrFNO3/c1-12(14-6-8-18(25-3)16(21)11-14)22-19(23)9-5-13-4-7-17(24-2)15(20)10-13/h4,6-8,10-12H,5,9H2,1-3H3,(H,22,23)/t12-/m1/s1. The maximum atomic E-state index is 13.8. The molecule has 1 N–H and O–H groups in total. The highest BCUT2D eigenvalue weighted by atomic mass is 79.9. The number of benzene rings is 2. The van der Waals surface area contributed by atoms with E-state index in [0.717, 1.165) is 15.8 Å². The van der Waals surface area contributed by atoms with Gasteiger partial charge in [0.05, 0.1) is 24.7 Å². The molecular formula is C19H21BrFNO3. The van der Waals surface area contributed by atoms with E-state index < -0.39 is 5.82 Å². The molecule has 1 atom stereocenters. The Labute approximate surface area is 155 Å². The zero-order chi connectivity index (χ0) is 18.4. The first-order chi connectivity index (χ1) is 11.9. The molecule has 0 aliphatic rings. The van der Waals surface area contributed by atoms with Crippen LogP contribution in [0.1, 0.15) is 30.5 Å². The molecule has 0 heterocycles. The molecule has 0 aliphatic heterocycles. The molecule has 1 amide bonds. The molecular weight excluding hydrogens is 389 g/mol. The normalized spacial score (nSPS) is 11.7. The highest BCUT2D eigenvalue weighted by Gasteiger charge is 2.12. The van der Waals surface area contributed by atoms with Gasteiger partial charge in [-0.2, -0.15) is 0 Å². The predicted octanol–water partition coefficient (Wildman–Crippen LogP) is 4.42.